The summed E-state index contributed by atoms with van der Waals surface area (Å²) in [5, 5.41) is 0. The lowest BCUT2D eigenvalue weighted by Gasteiger charge is -2.08. The van der Waals surface area contributed by atoms with Gasteiger partial charge in [-0.05, 0) is 37.7 Å². The van der Waals surface area contributed by atoms with Crippen molar-refractivity contribution in [3.8, 4) is 0 Å². The molecule has 0 unspecified atom stereocenters. The lowest BCUT2D eigenvalue weighted by molar-refractivity contribution is 0.521. The Morgan fingerprint density at radius 3 is 1.79 bits per heavy atom. The minimum Gasteiger partial charge on any atom is -0.335 e. The summed E-state index contributed by atoms with van der Waals surface area (Å²) in [4.78, 5) is 5.05. The molecular weight excluding hydrogens is 400 g/mol. The van der Waals surface area contributed by atoms with Crippen molar-refractivity contribution < 1.29 is 0 Å². The lowest BCUT2D eigenvalue weighted by atomic mass is 10.1. The van der Waals surface area contributed by atoms with Crippen LogP contribution in [0.5, 0.6) is 0 Å². The van der Waals surface area contributed by atoms with Crippen molar-refractivity contribution in [2.75, 3.05) is 0 Å². The van der Waals surface area contributed by atoms with E-state index in [1.54, 1.807) is 0 Å². The molecule has 0 spiro atoms. The molecular formula is C31H52N2. The van der Waals surface area contributed by atoms with E-state index in [-0.39, 0.29) is 0 Å². The highest BCUT2D eigenvalue weighted by molar-refractivity contribution is 5.15. The molecule has 0 saturated heterocycles. The van der Waals surface area contributed by atoms with Crippen molar-refractivity contribution in [3.63, 3.8) is 0 Å². The van der Waals surface area contributed by atoms with E-state index in [1.165, 1.54) is 120 Å². The molecule has 2 heteroatoms. The molecule has 0 bridgehead atoms. The molecule has 0 amide bonds. The number of hydrogen-bond acceptors (Lipinski definition) is 1. The summed E-state index contributed by atoms with van der Waals surface area (Å²) in [7, 11) is 0. The minimum absolute atomic E-state index is 1.10. The molecule has 1 aromatic carbocycles. The van der Waals surface area contributed by atoms with Crippen molar-refractivity contribution in [2.45, 2.75) is 142 Å². The second-order valence-corrected chi connectivity index (χ2v) is 10.0. The molecule has 2 nitrogen and oxygen atoms in total. The molecule has 33 heavy (non-hydrogen) atoms. The molecule has 1 aromatic heterocycles. The van der Waals surface area contributed by atoms with Gasteiger partial charge in [0.2, 0.25) is 0 Å². The van der Waals surface area contributed by atoms with Gasteiger partial charge in [0, 0.05) is 19.2 Å². The highest BCUT2D eigenvalue weighted by Gasteiger charge is 2.08. The number of aryl methyl sites for hydroxylation is 4. The quantitative estimate of drug-likeness (QED) is 0.172. The van der Waals surface area contributed by atoms with Gasteiger partial charge >= 0.3 is 0 Å². The molecule has 0 fully saturated rings. The molecule has 0 aliphatic rings. The summed E-state index contributed by atoms with van der Waals surface area (Å²) in [6.45, 7) is 5.74. The average Bonchev–Trinajstić information content (AvgIpc) is 3.22. The van der Waals surface area contributed by atoms with Gasteiger partial charge < -0.3 is 4.57 Å². The summed E-state index contributed by atoms with van der Waals surface area (Å²) in [5.41, 5.74) is 2.74. The Hall–Kier alpha value is -1.57. The van der Waals surface area contributed by atoms with Crippen molar-refractivity contribution >= 4 is 0 Å². The predicted octanol–water partition coefficient (Wildman–Crippen LogP) is 9.49. The van der Waals surface area contributed by atoms with Gasteiger partial charge in [-0.25, -0.2) is 4.98 Å². The van der Waals surface area contributed by atoms with E-state index >= 15 is 0 Å². The number of imidazole rings is 1. The largest absolute Gasteiger partial charge is 0.335 e. The number of unbranched alkanes of at least 4 members (excludes halogenated alkanes) is 13. The van der Waals surface area contributed by atoms with E-state index in [4.69, 9.17) is 4.98 Å². The summed E-state index contributed by atoms with van der Waals surface area (Å²) < 4.78 is 2.49. The fraction of sp³-hybridized carbons (Fsp3) is 0.710. The Morgan fingerprint density at radius 2 is 1.15 bits per heavy atom. The van der Waals surface area contributed by atoms with Crippen LogP contribution in [-0.2, 0) is 25.8 Å². The van der Waals surface area contributed by atoms with E-state index in [2.05, 4.69) is 54.9 Å². The maximum absolute atomic E-state index is 5.05. The first-order valence-electron chi connectivity index (χ1n) is 14.4. The van der Waals surface area contributed by atoms with Gasteiger partial charge in [-0.2, -0.15) is 0 Å². The zero-order chi connectivity index (χ0) is 23.4. The van der Waals surface area contributed by atoms with Crippen molar-refractivity contribution in [3.05, 3.63) is 53.6 Å². The number of aromatic nitrogens is 2. The zero-order valence-corrected chi connectivity index (χ0v) is 22.0. The van der Waals surface area contributed by atoms with E-state index in [1.807, 2.05) is 0 Å². The second-order valence-electron chi connectivity index (χ2n) is 10.0. The first kappa shape index (κ1) is 27.7. The lowest BCUT2D eigenvalue weighted by Crippen LogP contribution is -2.03. The third-order valence-electron chi connectivity index (χ3n) is 6.91. The first-order chi connectivity index (χ1) is 16.3. The maximum atomic E-state index is 5.05. The zero-order valence-electron chi connectivity index (χ0n) is 22.0. The molecule has 0 aliphatic carbocycles. The smallest absolute Gasteiger partial charge is 0.108 e. The van der Waals surface area contributed by atoms with Gasteiger partial charge in [0.25, 0.3) is 0 Å². The molecule has 186 valence electrons. The van der Waals surface area contributed by atoms with Crippen LogP contribution < -0.4 is 0 Å². The summed E-state index contributed by atoms with van der Waals surface area (Å²) in [6, 6.07) is 10.9. The van der Waals surface area contributed by atoms with Crippen molar-refractivity contribution in [1.29, 1.82) is 0 Å². The number of nitrogens with zero attached hydrogens (tertiary/aromatic N) is 2. The van der Waals surface area contributed by atoms with Crippen LogP contribution in [0.1, 0.15) is 134 Å². The van der Waals surface area contributed by atoms with Crippen LogP contribution in [0.4, 0.5) is 0 Å². The molecule has 0 aliphatic heterocycles. The van der Waals surface area contributed by atoms with E-state index < -0.39 is 0 Å². The van der Waals surface area contributed by atoms with Gasteiger partial charge in [-0.1, -0.05) is 128 Å². The van der Waals surface area contributed by atoms with E-state index in [0.717, 1.165) is 25.8 Å². The topological polar surface area (TPSA) is 17.8 Å². The van der Waals surface area contributed by atoms with Crippen LogP contribution in [0.3, 0.4) is 0 Å². The number of hydrogen-bond donors (Lipinski definition) is 0. The Morgan fingerprint density at radius 1 is 0.576 bits per heavy atom. The molecule has 1 heterocycles. The Kier molecular flexibility index (Phi) is 15.8. The van der Waals surface area contributed by atoms with E-state index in [9.17, 15) is 0 Å². The Labute approximate surface area is 205 Å². The SMILES string of the molecule is CCCCCCCCCCCCCCn1cc(CCCc2ccccc2)nc1CCCCC. The number of rotatable bonds is 21. The molecule has 0 N–H and O–H groups in total. The van der Waals surface area contributed by atoms with Gasteiger partial charge in [0.1, 0.15) is 5.82 Å². The fourth-order valence-electron chi connectivity index (χ4n) is 4.80. The molecule has 2 aromatic rings. The first-order valence-corrected chi connectivity index (χ1v) is 14.4. The molecule has 2 rings (SSSR count). The normalized spacial score (nSPS) is 11.3. The Balaban J connectivity index is 1.63. The summed E-state index contributed by atoms with van der Waals surface area (Å²) in [5.74, 6) is 1.33. The van der Waals surface area contributed by atoms with Crippen LogP contribution in [0, 0.1) is 0 Å². The fourth-order valence-corrected chi connectivity index (χ4v) is 4.80. The maximum Gasteiger partial charge on any atom is 0.108 e. The van der Waals surface area contributed by atoms with Crippen molar-refractivity contribution in [1.82, 2.24) is 9.55 Å². The van der Waals surface area contributed by atoms with Crippen LogP contribution in [0.25, 0.3) is 0 Å². The van der Waals surface area contributed by atoms with Gasteiger partial charge in [0.05, 0.1) is 5.69 Å². The van der Waals surface area contributed by atoms with Gasteiger partial charge in [0.15, 0.2) is 0 Å². The molecule has 0 radical (unpaired) electrons. The number of benzene rings is 1. The predicted molar refractivity (Wildman–Crippen MR) is 145 cm³/mol. The highest BCUT2D eigenvalue weighted by Crippen LogP contribution is 2.15. The summed E-state index contributed by atoms with van der Waals surface area (Å²) >= 11 is 0. The van der Waals surface area contributed by atoms with Crippen molar-refractivity contribution in [2.24, 2.45) is 0 Å². The standard InChI is InChI=1S/C31H52N2/c1-3-5-7-8-9-10-11-12-13-14-15-20-27-33-28-30(32-31(33)26-17-6-4-2)25-21-24-29-22-18-16-19-23-29/h16,18-19,22-23,28H,3-15,17,20-21,24-27H2,1-2H3. The third-order valence-corrected chi connectivity index (χ3v) is 6.91. The molecule has 0 atom stereocenters. The van der Waals surface area contributed by atoms with E-state index in [0.29, 0.717) is 0 Å². The average molecular weight is 453 g/mol. The third kappa shape index (κ3) is 13.0. The summed E-state index contributed by atoms with van der Waals surface area (Å²) in [6.07, 6.45) is 27.8. The van der Waals surface area contributed by atoms with Crippen LogP contribution in [0.15, 0.2) is 36.5 Å². The molecule has 0 saturated carbocycles. The minimum atomic E-state index is 1.10. The van der Waals surface area contributed by atoms with Gasteiger partial charge in [-0.3, -0.25) is 0 Å². The van der Waals surface area contributed by atoms with Crippen LogP contribution >= 0.6 is 0 Å². The highest BCUT2D eigenvalue weighted by atomic mass is 15.1. The van der Waals surface area contributed by atoms with Crippen LogP contribution in [0.2, 0.25) is 0 Å². The Bertz CT molecular complexity index is 688. The van der Waals surface area contributed by atoms with Gasteiger partial charge in [-0.15, -0.1) is 0 Å². The van der Waals surface area contributed by atoms with Crippen LogP contribution in [-0.4, -0.2) is 9.55 Å². The monoisotopic (exact) mass is 452 g/mol. The second kappa shape index (κ2) is 18.8.